The van der Waals surface area contributed by atoms with E-state index < -0.39 is 0 Å². The third kappa shape index (κ3) is 3.77. The Morgan fingerprint density at radius 3 is 1.91 bits per heavy atom. The van der Waals surface area contributed by atoms with E-state index in [2.05, 4.69) is 25.3 Å². The van der Waals surface area contributed by atoms with Gasteiger partial charge in [-0.25, -0.2) is 0 Å². The molecule has 0 aliphatic carbocycles. The Hall–Kier alpha value is 2.10. The molecule has 0 aromatic carbocycles. The van der Waals surface area contributed by atoms with Crippen molar-refractivity contribution in [1.29, 1.82) is 0 Å². The summed E-state index contributed by atoms with van der Waals surface area (Å²) in [6, 6.07) is 0. The molecule has 0 radical (unpaired) electrons. The Kier molecular flexibility index (Phi) is 6.64. The molecular formula is C5H10S6. The highest BCUT2D eigenvalue weighted by molar-refractivity contribution is 8.34. The van der Waals surface area contributed by atoms with Crippen LogP contribution in [0.5, 0.6) is 0 Å². The summed E-state index contributed by atoms with van der Waals surface area (Å²) in [7, 11) is 0. The summed E-state index contributed by atoms with van der Waals surface area (Å²) in [6.07, 6.45) is 0. The molecule has 0 nitrogen and oxygen atoms in total. The average Bonchev–Trinajstić information content (AvgIpc) is 2.39. The molecule has 2 unspecified atom stereocenters. The quantitative estimate of drug-likeness (QED) is 0.589. The Labute approximate surface area is 96.0 Å². The lowest BCUT2D eigenvalue weighted by molar-refractivity contribution is 1.38. The van der Waals surface area contributed by atoms with E-state index in [1.165, 1.54) is 5.08 Å². The van der Waals surface area contributed by atoms with Crippen LogP contribution in [-0.2, 0) is 0 Å². The van der Waals surface area contributed by atoms with Gasteiger partial charge < -0.3 is 0 Å². The van der Waals surface area contributed by atoms with Gasteiger partial charge in [-0.15, -0.1) is 47.0 Å². The lowest BCUT2D eigenvalue weighted by Gasteiger charge is -2.14. The zero-order chi connectivity index (χ0) is 8.10. The van der Waals surface area contributed by atoms with Crippen molar-refractivity contribution >= 4 is 72.3 Å². The van der Waals surface area contributed by atoms with E-state index in [0.717, 1.165) is 19.3 Å². The number of rotatable bonds is 4. The zero-order valence-electron chi connectivity index (χ0n) is 5.80. The van der Waals surface area contributed by atoms with Crippen LogP contribution in [0.4, 0.5) is 0 Å². The SMILES string of the molecule is SCSC1SCSC1SCS. The van der Waals surface area contributed by atoms with E-state index in [1.807, 2.05) is 47.0 Å². The molecule has 0 aromatic heterocycles. The van der Waals surface area contributed by atoms with Gasteiger partial charge in [-0.3, -0.25) is 0 Å². The van der Waals surface area contributed by atoms with E-state index in [0.29, 0.717) is 0 Å². The van der Waals surface area contributed by atoms with Crippen molar-refractivity contribution in [2.75, 3.05) is 15.3 Å². The lowest BCUT2D eigenvalue weighted by Crippen LogP contribution is -2.06. The normalized spacial score (nSPS) is 31.1. The summed E-state index contributed by atoms with van der Waals surface area (Å²) in [5.41, 5.74) is 0. The average molecular weight is 263 g/mol. The number of hydrogen-bond donors (Lipinski definition) is 2. The van der Waals surface area contributed by atoms with E-state index >= 15 is 0 Å². The van der Waals surface area contributed by atoms with Crippen molar-refractivity contribution < 1.29 is 0 Å². The first-order valence-corrected chi connectivity index (χ1v) is 8.52. The van der Waals surface area contributed by atoms with Crippen molar-refractivity contribution in [2.45, 2.75) is 9.16 Å². The van der Waals surface area contributed by atoms with Crippen LogP contribution in [0.3, 0.4) is 0 Å². The molecule has 1 saturated heterocycles. The van der Waals surface area contributed by atoms with Gasteiger partial charge in [0.25, 0.3) is 0 Å². The molecule has 0 aromatic rings. The fourth-order valence-corrected chi connectivity index (χ4v) is 8.67. The van der Waals surface area contributed by atoms with E-state index in [4.69, 9.17) is 0 Å². The largest absolute Gasteiger partial charge is 0.168 e. The highest BCUT2D eigenvalue weighted by atomic mass is 32.3. The van der Waals surface area contributed by atoms with Crippen LogP contribution in [0, 0.1) is 0 Å². The van der Waals surface area contributed by atoms with Crippen LogP contribution in [0.25, 0.3) is 0 Å². The number of hydrogen-bond acceptors (Lipinski definition) is 6. The molecule has 0 N–H and O–H groups in total. The maximum absolute atomic E-state index is 4.22. The number of thiol groups is 2. The Balaban J connectivity index is 2.25. The molecule has 1 heterocycles. The Bertz CT molecular complexity index is 95.1. The molecule has 1 rings (SSSR count). The first-order valence-electron chi connectivity index (χ1n) is 3.06. The summed E-state index contributed by atoms with van der Waals surface area (Å²) in [5, 5.41) is 3.10. The summed E-state index contributed by atoms with van der Waals surface area (Å²) < 4.78 is 1.46. The fourth-order valence-electron chi connectivity index (χ4n) is 0.731. The molecular weight excluding hydrogens is 252 g/mol. The molecule has 0 bridgehead atoms. The summed E-state index contributed by atoms with van der Waals surface area (Å²) in [6.45, 7) is 0. The zero-order valence-corrected chi connectivity index (χ0v) is 10.9. The third-order valence-electron chi connectivity index (χ3n) is 1.16. The Morgan fingerprint density at radius 1 is 1.09 bits per heavy atom. The van der Waals surface area contributed by atoms with Gasteiger partial charge in [0.1, 0.15) is 0 Å². The third-order valence-corrected chi connectivity index (χ3v) is 8.17. The van der Waals surface area contributed by atoms with Crippen LogP contribution in [0.1, 0.15) is 0 Å². The second-order valence-corrected chi connectivity index (χ2v) is 8.75. The molecule has 11 heavy (non-hydrogen) atoms. The predicted molar refractivity (Wildman–Crippen MR) is 70.5 cm³/mol. The van der Waals surface area contributed by atoms with Gasteiger partial charge in [0.15, 0.2) is 0 Å². The molecule has 1 aliphatic heterocycles. The van der Waals surface area contributed by atoms with E-state index in [1.54, 1.807) is 0 Å². The standard InChI is InChI=1S/C5H10S6/c6-1-8-4-5(9-2-7)11-3-10-4/h4-7H,1-3H2. The molecule has 0 amide bonds. The predicted octanol–water partition coefficient (Wildman–Crippen LogP) is 3.32. The highest BCUT2D eigenvalue weighted by Crippen LogP contribution is 2.47. The fraction of sp³-hybridized carbons (Fsp3) is 1.00. The second-order valence-electron chi connectivity index (χ2n) is 1.78. The summed E-state index contributed by atoms with van der Waals surface area (Å²) in [4.78, 5) is 0. The van der Waals surface area contributed by atoms with Crippen molar-refractivity contribution in [3.63, 3.8) is 0 Å². The minimum Gasteiger partial charge on any atom is -0.168 e. The van der Waals surface area contributed by atoms with Gasteiger partial charge in [0, 0.05) is 15.3 Å². The van der Waals surface area contributed by atoms with Gasteiger partial charge >= 0.3 is 0 Å². The lowest BCUT2D eigenvalue weighted by atomic mass is 10.9. The molecule has 2 atom stereocenters. The first-order chi connectivity index (χ1) is 5.38. The molecule has 1 fully saturated rings. The molecule has 1 aliphatic rings. The maximum Gasteiger partial charge on any atom is 0.0729 e. The van der Waals surface area contributed by atoms with Crippen LogP contribution in [0.15, 0.2) is 0 Å². The summed E-state index contributed by atoms with van der Waals surface area (Å²) in [5.74, 6) is 0. The molecule has 66 valence electrons. The Morgan fingerprint density at radius 2 is 1.55 bits per heavy atom. The minimum absolute atomic E-state index is 0.731. The van der Waals surface area contributed by atoms with Gasteiger partial charge in [0.2, 0.25) is 0 Å². The van der Waals surface area contributed by atoms with Gasteiger partial charge in [0.05, 0.1) is 9.16 Å². The van der Waals surface area contributed by atoms with Gasteiger partial charge in [-0.2, -0.15) is 25.3 Å². The molecule has 0 saturated carbocycles. The van der Waals surface area contributed by atoms with Crippen molar-refractivity contribution in [3.8, 4) is 0 Å². The van der Waals surface area contributed by atoms with Crippen molar-refractivity contribution in [2.24, 2.45) is 0 Å². The van der Waals surface area contributed by atoms with E-state index in [-0.39, 0.29) is 0 Å². The monoisotopic (exact) mass is 262 g/mol. The van der Waals surface area contributed by atoms with Gasteiger partial charge in [-0.05, 0) is 0 Å². The van der Waals surface area contributed by atoms with Crippen LogP contribution >= 0.6 is 72.3 Å². The first kappa shape index (κ1) is 11.2. The second kappa shape index (κ2) is 6.54. The maximum atomic E-state index is 4.22. The topological polar surface area (TPSA) is 0 Å². The smallest absolute Gasteiger partial charge is 0.0729 e. The molecule has 6 heteroatoms. The highest BCUT2D eigenvalue weighted by Gasteiger charge is 2.28. The van der Waals surface area contributed by atoms with E-state index in [9.17, 15) is 0 Å². The number of thioether (sulfide) groups is 4. The van der Waals surface area contributed by atoms with Crippen LogP contribution in [-0.4, -0.2) is 24.4 Å². The van der Waals surface area contributed by atoms with Crippen LogP contribution < -0.4 is 0 Å². The van der Waals surface area contributed by atoms with Crippen LogP contribution in [0.2, 0.25) is 0 Å². The van der Waals surface area contributed by atoms with Crippen molar-refractivity contribution in [1.82, 2.24) is 0 Å². The van der Waals surface area contributed by atoms with Gasteiger partial charge in [-0.1, -0.05) is 0 Å². The van der Waals surface area contributed by atoms with Crippen molar-refractivity contribution in [3.05, 3.63) is 0 Å². The minimum atomic E-state index is 0.731. The molecule has 0 spiro atoms. The summed E-state index contributed by atoms with van der Waals surface area (Å²) >= 11 is 16.4.